The molecule has 2 aromatic heterocycles. The van der Waals surface area contributed by atoms with Gasteiger partial charge in [-0.15, -0.1) is 0 Å². The third-order valence-electron chi connectivity index (χ3n) is 1.89. The number of fused-ring (bicyclic) bond motifs is 1. The molecule has 0 spiro atoms. The largest absolute Gasteiger partial charge is 0.392 e. The van der Waals surface area contributed by atoms with Gasteiger partial charge in [0.15, 0.2) is 0 Å². The lowest BCUT2D eigenvalue weighted by molar-refractivity contribution is 0.283. The molecule has 2 rings (SSSR count). The monoisotopic (exact) mass is 164 g/mol. The second kappa shape index (κ2) is 2.60. The molecule has 0 saturated heterocycles. The molecule has 0 fully saturated rings. The molecule has 0 bridgehead atoms. The van der Waals surface area contributed by atoms with Crippen LogP contribution in [0.5, 0.6) is 0 Å². The molecule has 0 unspecified atom stereocenters. The highest BCUT2D eigenvalue weighted by molar-refractivity contribution is 5.79. The van der Waals surface area contributed by atoms with Gasteiger partial charge < -0.3 is 9.67 Å². The Bertz CT molecular complexity index is 473. The van der Waals surface area contributed by atoms with Crippen molar-refractivity contribution >= 4 is 11.0 Å². The van der Waals surface area contributed by atoms with Gasteiger partial charge in [-0.05, 0) is 17.7 Å². The molecule has 0 radical (unpaired) electrons. The van der Waals surface area contributed by atoms with Crippen LogP contribution in [0.2, 0.25) is 0 Å². The standard InChI is InChI=1S/C9H10N2O/c1-11-5-3-8-7(6-12)2-4-10-9(8)11/h2-5,12H,6H2,1H3/i6D2. The summed E-state index contributed by atoms with van der Waals surface area (Å²) in [5, 5.41) is 9.93. The van der Waals surface area contributed by atoms with E-state index in [4.69, 9.17) is 2.74 Å². The molecule has 12 heavy (non-hydrogen) atoms. The Morgan fingerprint density at radius 2 is 2.50 bits per heavy atom. The molecule has 0 aliphatic heterocycles. The summed E-state index contributed by atoms with van der Waals surface area (Å²) in [5.41, 5.74) is 0.920. The Morgan fingerprint density at radius 1 is 1.67 bits per heavy atom. The zero-order chi connectivity index (χ0) is 10.3. The number of rotatable bonds is 1. The van der Waals surface area contributed by atoms with Crippen LogP contribution < -0.4 is 0 Å². The van der Waals surface area contributed by atoms with Crippen molar-refractivity contribution in [3.8, 4) is 0 Å². The Labute approximate surface area is 73.1 Å². The minimum absolute atomic E-state index is 0.253. The van der Waals surface area contributed by atoms with Crippen molar-refractivity contribution in [3.63, 3.8) is 0 Å². The molecule has 0 aliphatic rings. The Morgan fingerprint density at radius 3 is 3.25 bits per heavy atom. The highest BCUT2D eigenvalue weighted by atomic mass is 16.3. The van der Waals surface area contributed by atoms with E-state index in [0.717, 1.165) is 0 Å². The van der Waals surface area contributed by atoms with Crippen molar-refractivity contribution in [2.75, 3.05) is 0 Å². The second-order valence-electron chi connectivity index (χ2n) is 2.63. The number of aromatic nitrogens is 2. The van der Waals surface area contributed by atoms with E-state index in [0.29, 0.717) is 11.0 Å². The molecule has 62 valence electrons. The molecule has 0 aromatic carbocycles. The first-order valence-electron chi connectivity index (χ1n) is 4.63. The maximum Gasteiger partial charge on any atom is 0.139 e. The smallest absolute Gasteiger partial charge is 0.139 e. The zero-order valence-electron chi connectivity index (χ0n) is 8.65. The third kappa shape index (κ3) is 0.905. The summed E-state index contributed by atoms with van der Waals surface area (Å²) in [4.78, 5) is 4.10. The van der Waals surface area contributed by atoms with Crippen molar-refractivity contribution < 1.29 is 7.85 Å². The molecule has 0 aliphatic carbocycles. The van der Waals surface area contributed by atoms with Gasteiger partial charge in [-0.25, -0.2) is 4.98 Å². The minimum Gasteiger partial charge on any atom is -0.392 e. The van der Waals surface area contributed by atoms with Crippen molar-refractivity contribution in [1.29, 1.82) is 0 Å². The average molecular weight is 164 g/mol. The molecule has 0 amide bonds. The first-order chi connectivity index (χ1) is 6.50. The van der Waals surface area contributed by atoms with Crippen molar-refractivity contribution in [3.05, 3.63) is 30.1 Å². The fourth-order valence-corrected chi connectivity index (χ4v) is 1.26. The van der Waals surface area contributed by atoms with Crippen LogP contribution in [0.4, 0.5) is 0 Å². The number of hydrogen-bond acceptors (Lipinski definition) is 2. The van der Waals surface area contributed by atoms with Crippen LogP contribution in [0.1, 0.15) is 8.30 Å². The Kier molecular flexibility index (Phi) is 1.16. The van der Waals surface area contributed by atoms with Gasteiger partial charge in [-0.1, -0.05) is 0 Å². The average Bonchev–Trinajstić information content (AvgIpc) is 2.46. The predicted octanol–water partition coefficient (Wildman–Crippen LogP) is 1.07. The summed E-state index contributed by atoms with van der Waals surface area (Å²) >= 11 is 0. The third-order valence-corrected chi connectivity index (χ3v) is 1.89. The molecule has 2 heterocycles. The van der Waals surface area contributed by atoms with E-state index in [2.05, 4.69) is 4.98 Å². The molecule has 2 aromatic rings. The van der Waals surface area contributed by atoms with Gasteiger partial charge in [0.05, 0.1) is 9.30 Å². The maximum atomic E-state index is 9.29. The second-order valence-corrected chi connectivity index (χ2v) is 2.63. The molecule has 1 N–H and O–H groups in total. The number of aryl methyl sites for hydroxylation is 1. The van der Waals surface area contributed by atoms with E-state index >= 15 is 0 Å². The maximum absolute atomic E-state index is 9.29. The number of hydrogen-bond donors (Lipinski definition) is 1. The van der Waals surface area contributed by atoms with Crippen LogP contribution in [0.25, 0.3) is 11.0 Å². The highest BCUT2D eigenvalue weighted by Crippen LogP contribution is 2.16. The van der Waals surface area contributed by atoms with Crippen LogP contribution >= 0.6 is 0 Å². The van der Waals surface area contributed by atoms with E-state index in [1.807, 2.05) is 7.05 Å². The fourth-order valence-electron chi connectivity index (χ4n) is 1.26. The quantitative estimate of drug-likeness (QED) is 0.684. The van der Waals surface area contributed by atoms with E-state index < -0.39 is 6.56 Å². The lowest BCUT2D eigenvalue weighted by Crippen LogP contribution is -1.90. The lowest BCUT2D eigenvalue weighted by Gasteiger charge is -1.98. The number of pyridine rings is 1. The summed E-state index contributed by atoms with van der Waals surface area (Å²) in [6.07, 6.45) is 3.28. The first kappa shape index (κ1) is 5.32. The van der Waals surface area contributed by atoms with Gasteiger partial charge in [0.1, 0.15) is 5.65 Å². The summed E-state index contributed by atoms with van der Waals surface area (Å²) in [5.74, 6) is 0. The summed E-state index contributed by atoms with van der Waals surface area (Å²) in [7, 11) is 1.83. The molecule has 3 nitrogen and oxygen atoms in total. The lowest BCUT2D eigenvalue weighted by atomic mass is 10.2. The fraction of sp³-hybridized carbons (Fsp3) is 0.222. The van der Waals surface area contributed by atoms with Gasteiger partial charge in [0, 0.05) is 24.8 Å². The van der Waals surface area contributed by atoms with Crippen LogP contribution in [0, 0.1) is 0 Å². The molecule has 0 saturated carbocycles. The SMILES string of the molecule is [2H]C([2H])(O)c1ccnc2c1ccn2C. The van der Waals surface area contributed by atoms with Crippen molar-refractivity contribution in [2.45, 2.75) is 6.56 Å². The summed E-state index contributed by atoms with van der Waals surface area (Å²) in [6, 6.07) is 3.23. The van der Waals surface area contributed by atoms with Crippen LogP contribution in [-0.4, -0.2) is 14.7 Å². The summed E-state index contributed by atoms with van der Waals surface area (Å²) < 4.78 is 16.3. The first-order valence-corrected chi connectivity index (χ1v) is 3.63. The number of aliphatic hydroxyl groups is 1. The summed E-state index contributed by atoms with van der Waals surface area (Å²) in [6.45, 7) is -2.32. The molecule has 3 heteroatoms. The van der Waals surface area contributed by atoms with Crippen molar-refractivity contribution in [2.24, 2.45) is 7.05 Å². The van der Waals surface area contributed by atoms with Gasteiger partial charge >= 0.3 is 0 Å². The van der Waals surface area contributed by atoms with Gasteiger partial charge in [-0.3, -0.25) is 0 Å². The van der Waals surface area contributed by atoms with Crippen LogP contribution in [-0.2, 0) is 13.6 Å². The van der Waals surface area contributed by atoms with E-state index in [9.17, 15) is 5.11 Å². The van der Waals surface area contributed by atoms with E-state index in [1.54, 1.807) is 16.8 Å². The van der Waals surface area contributed by atoms with Gasteiger partial charge in [0.2, 0.25) is 0 Å². The Hall–Kier alpha value is -1.35. The van der Waals surface area contributed by atoms with E-state index in [1.165, 1.54) is 12.3 Å². The highest BCUT2D eigenvalue weighted by Gasteiger charge is 2.02. The minimum atomic E-state index is -2.32. The van der Waals surface area contributed by atoms with E-state index in [-0.39, 0.29) is 5.56 Å². The molecule has 0 atom stereocenters. The van der Waals surface area contributed by atoms with Gasteiger partial charge in [0.25, 0.3) is 0 Å². The van der Waals surface area contributed by atoms with Crippen LogP contribution in [0.3, 0.4) is 0 Å². The molecular formula is C9H10N2O. The normalized spacial score (nSPS) is 14.5. The topological polar surface area (TPSA) is 38.1 Å². The van der Waals surface area contributed by atoms with Gasteiger partial charge in [-0.2, -0.15) is 0 Å². The predicted molar refractivity (Wildman–Crippen MR) is 46.6 cm³/mol. The molecular weight excluding hydrogens is 152 g/mol. The number of nitrogens with zero attached hydrogens (tertiary/aromatic N) is 2. The zero-order valence-corrected chi connectivity index (χ0v) is 6.65. The Balaban J connectivity index is 2.79. The van der Waals surface area contributed by atoms with Crippen molar-refractivity contribution in [1.82, 2.24) is 9.55 Å². The van der Waals surface area contributed by atoms with Crippen LogP contribution in [0.15, 0.2) is 24.5 Å².